The first-order valence-corrected chi connectivity index (χ1v) is 23.7. The van der Waals surface area contributed by atoms with Gasteiger partial charge in [-0.15, -0.1) is 0 Å². The number of carbonyl (C=O) groups excluding carboxylic acids is 2. The van der Waals surface area contributed by atoms with Crippen LogP contribution in [0.2, 0.25) is 0 Å². The molecule has 0 saturated carbocycles. The van der Waals surface area contributed by atoms with Gasteiger partial charge < -0.3 is 19.5 Å². The van der Waals surface area contributed by atoms with Crippen molar-refractivity contribution in [2.45, 2.75) is 252 Å². The molecule has 0 aromatic heterocycles. The van der Waals surface area contributed by atoms with Crippen LogP contribution >= 0.6 is 0 Å². The third kappa shape index (κ3) is 37.6. The summed E-state index contributed by atoms with van der Waals surface area (Å²) >= 11 is 0. The van der Waals surface area contributed by atoms with E-state index in [0.29, 0.717) is 19.4 Å². The molecular formula is C47H93NO5. The van der Waals surface area contributed by atoms with E-state index in [0.717, 1.165) is 96.2 Å². The fraction of sp³-hybridized carbons (Fsp3) is 0.957. The maximum Gasteiger partial charge on any atom is 0.306 e. The summed E-state index contributed by atoms with van der Waals surface area (Å²) in [6, 6.07) is 0. The number of hydrogen-bond donors (Lipinski definition) is 1. The average Bonchev–Trinajstić information content (AvgIpc) is 3.15. The van der Waals surface area contributed by atoms with Crippen molar-refractivity contribution in [3.8, 4) is 0 Å². The number of unbranched alkanes of at least 4 members (excludes halogenated alkanes) is 20. The number of nitrogens with zero attached hydrogens (tertiary/aromatic N) is 1. The summed E-state index contributed by atoms with van der Waals surface area (Å²) in [4.78, 5) is 27.3. The van der Waals surface area contributed by atoms with Crippen LogP contribution in [0.15, 0.2) is 0 Å². The van der Waals surface area contributed by atoms with Crippen LogP contribution in [-0.4, -0.2) is 60.9 Å². The van der Waals surface area contributed by atoms with Crippen molar-refractivity contribution >= 4 is 11.9 Å². The molecule has 0 fully saturated rings. The quantitative estimate of drug-likeness (QED) is 0.0494. The van der Waals surface area contributed by atoms with Gasteiger partial charge in [0.1, 0.15) is 6.10 Å². The molecule has 0 aliphatic heterocycles. The Morgan fingerprint density at radius 2 is 0.868 bits per heavy atom. The van der Waals surface area contributed by atoms with E-state index in [4.69, 9.17) is 9.47 Å². The van der Waals surface area contributed by atoms with Gasteiger partial charge in [0.2, 0.25) is 0 Å². The SMILES string of the molecule is CCCCCCCCC(CCCCCCCC)OC(=O)CCCCCCCN(CCO)CCCCCCCC(=O)OCCCC(CCCC)CCCC. The fourth-order valence-electron chi connectivity index (χ4n) is 7.61. The van der Waals surface area contributed by atoms with E-state index in [1.807, 2.05) is 0 Å². The summed E-state index contributed by atoms with van der Waals surface area (Å²) < 4.78 is 11.6. The lowest BCUT2D eigenvalue weighted by atomic mass is 9.92. The maximum atomic E-state index is 12.7. The van der Waals surface area contributed by atoms with Gasteiger partial charge >= 0.3 is 11.9 Å². The topological polar surface area (TPSA) is 76.1 Å². The van der Waals surface area contributed by atoms with Crippen LogP contribution in [0, 0.1) is 5.92 Å². The monoisotopic (exact) mass is 752 g/mol. The molecule has 0 spiro atoms. The van der Waals surface area contributed by atoms with Crippen molar-refractivity contribution in [1.29, 1.82) is 0 Å². The fourth-order valence-corrected chi connectivity index (χ4v) is 7.61. The standard InChI is InChI=1S/C47H93NO5/c1-5-9-13-15-19-25-35-45(36-26-20-16-14-10-6-2)53-47(51)38-28-22-18-24-30-40-48(41-42-49)39-29-23-17-21-27-37-46(50)52-43-31-34-44(32-11-7-3)33-12-8-4/h44-45,49H,5-43H2,1-4H3. The van der Waals surface area contributed by atoms with Crippen molar-refractivity contribution in [2.75, 3.05) is 32.8 Å². The number of ether oxygens (including phenoxy) is 2. The second-order valence-corrected chi connectivity index (χ2v) is 16.3. The van der Waals surface area contributed by atoms with E-state index in [1.165, 1.54) is 135 Å². The molecule has 1 N–H and O–H groups in total. The number of hydrogen-bond acceptors (Lipinski definition) is 6. The molecule has 0 unspecified atom stereocenters. The zero-order chi connectivity index (χ0) is 38.9. The number of carbonyl (C=O) groups is 2. The summed E-state index contributed by atoms with van der Waals surface area (Å²) in [7, 11) is 0. The highest BCUT2D eigenvalue weighted by atomic mass is 16.5. The molecule has 0 saturated heterocycles. The largest absolute Gasteiger partial charge is 0.466 e. The average molecular weight is 752 g/mol. The van der Waals surface area contributed by atoms with Crippen LogP contribution in [0.1, 0.15) is 246 Å². The Bertz CT molecular complexity index is 737. The van der Waals surface area contributed by atoms with Crippen molar-refractivity contribution in [3.63, 3.8) is 0 Å². The predicted molar refractivity (Wildman–Crippen MR) is 228 cm³/mol. The van der Waals surface area contributed by atoms with Gasteiger partial charge in [-0.1, -0.05) is 169 Å². The number of esters is 2. The van der Waals surface area contributed by atoms with Crippen molar-refractivity contribution in [2.24, 2.45) is 5.92 Å². The molecule has 0 aromatic carbocycles. The third-order valence-corrected chi connectivity index (χ3v) is 11.1. The first-order chi connectivity index (χ1) is 26.0. The Kier molecular flexibility index (Phi) is 41.1. The van der Waals surface area contributed by atoms with Gasteiger partial charge in [0.05, 0.1) is 13.2 Å². The molecule has 0 rings (SSSR count). The molecule has 316 valence electrons. The second-order valence-electron chi connectivity index (χ2n) is 16.3. The zero-order valence-corrected chi connectivity index (χ0v) is 36.3. The molecule has 0 aliphatic carbocycles. The highest BCUT2D eigenvalue weighted by molar-refractivity contribution is 5.69. The maximum absolute atomic E-state index is 12.7. The Labute approximate surface area is 331 Å². The lowest BCUT2D eigenvalue weighted by molar-refractivity contribution is -0.150. The Balaban J connectivity index is 4.02. The van der Waals surface area contributed by atoms with E-state index < -0.39 is 0 Å². The lowest BCUT2D eigenvalue weighted by Gasteiger charge is -2.21. The van der Waals surface area contributed by atoms with Crippen LogP contribution < -0.4 is 0 Å². The van der Waals surface area contributed by atoms with Crippen LogP contribution in [0.3, 0.4) is 0 Å². The van der Waals surface area contributed by atoms with Crippen LogP contribution in [-0.2, 0) is 19.1 Å². The van der Waals surface area contributed by atoms with E-state index >= 15 is 0 Å². The van der Waals surface area contributed by atoms with Gasteiger partial charge in [0, 0.05) is 19.4 Å². The van der Waals surface area contributed by atoms with Gasteiger partial charge in [-0.05, 0) is 83.2 Å². The minimum absolute atomic E-state index is 0.0142. The molecule has 0 radical (unpaired) electrons. The third-order valence-electron chi connectivity index (χ3n) is 11.1. The second kappa shape index (κ2) is 42.0. The molecule has 0 bridgehead atoms. The molecule has 6 nitrogen and oxygen atoms in total. The van der Waals surface area contributed by atoms with Gasteiger partial charge in [0.25, 0.3) is 0 Å². The molecule has 0 aliphatic rings. The number of aliphatic hydroxyl groups is 1. The highest BCUT2D eigenvalue weighted by Gasteiger charge is 2.15. The minimum atomic E-state index is -0.0241. The van der Waals surface area contributed by atoms with Gasteiger partial charge in [-0.25, -0.2) is 0 Å². The molecule has 6 heteroatoms. The van der Waals surface area contributed by atoms with Crippen LogP contribution in [0.5, 0.6) is 0 Å². The van der Waals surface area contributed by atoms with E-state index in [9.17, 15) is 14.7 Å². The van der Waals surface area contributed by atoms with Crippen LogP contribution in [0.25, 0.3) is 0 Å². The van der Waals surface area contributed by atoms with E-state index in [-0.39, 0.29) is 24.6 Å². The summed E-state index contributed by atoms with van der Waals surface area (Å²) in [5.41, 5.74) is 0. The lowest BCUT2D eigenvalue weighted by Crippen LogP contribution is -2.29. The molecule has 0 aromatic rings. The highest BCUT2D eigenvalue weighted by Crippen LogP contribution is 2.22. The minimum Gasteiger partial charge on any atom is -0.466 e. The van der Waals surface area contributed by atoms with Crippen LogP contribution in [0.4, 0.5) is 0 Å². The molecular weight excluding hydrogens is 659 g/mol. The Morgan fingerprint density at radius 3 is 1.36 bits per heavy atom. The normalized spacial score (nSPS) is 11.7. The zero-order valence-electron chi connectivity index (χ0n) is 36.3. The number of rotatable bonds is 43. The summed E-state index contributed by atoms with van der Waals surface area (Å²) in [5.74, 6) is 0.789. The van der Waals surface area contributed by atoms with E-state index in [1.54, 1.807) is 0 Å². The summed E-state index contributed by atoms with van der Waals surface area (Å²) in [5, 5.41) is 9.58. The summed E-state index contributed by atoms with van der Waals surface area (Å²) in [6.45, 7) is 12.7. The molecule has 0 amide bonds. The number of aliphatic hydroxyl groups excluding tert-OH is 1. The van der Waals surface area contributed by atoms with E-state index in [2.05, 4.69) is 32.6 Å². The van der Waals surface area contributed by atoms with Crippen molar-refractivity contribution in [1.82, 2.24) is 4.90 Å². The molecule has 53 heavy (non-hydrogen) atoms. The van der Waals surface area contributed by atoms with Gasteiger partial charge in [0.15, 0.2) is 0 Å². The van der Waals surface area contributed by atoms with Gasteiger partial charge in [-0.2, -0.15) is 0 Å². The Morgan fingerprint density at radius 1 is 0.453 bits per heavy atom. The predicted octanol–water partition coefficient (Wildman–Crippen LogP) is 13.7. The molecule has 0 atom stereocenters. The van der Waals surface area contributed by atoms with Crippen molar-refractivity contribution in [3.05, 3.63) is 0 Å². The first kappa shape index (κ1) is 51.9. The van der Waals surface area contributed by atoms with Crippen molar-refractivity contribution < 1.29 is 24.2 Å². The first-order valence-electron chi connectivity index (χ1n) is 23.7. The Hall–Kier alpha value is -1.14. The van der Waals surface area contributed by atoms with Gasteiger partial charge in [-0.3, -0.25) is 9.59 Å². The molecule has 0 heterocycles. The summed E-state index contributed by atoms with van der Waals surface area (Å²) in [6.07, 6.45) is 39.6. The smallest absolute Gasteiger partial charge is 0.306 e.